The van der Waals surface area contributed by atoms with Crippen LogP contribution in [0.2, 0.25) is 0 Å². The second-order valence-corrected chi connectivity index (χ2v) is 9.36. The number of sulfone groups is 1. The lowest BCUT2D eigenvalue weighted by Crippen LogP contribution is -2.32. The number of nitrogens with two attached hydrogens (primary N) is 1. The topological polar surface area (TPSA) is 60.2 Å². The second-order valence-electron chi connectivity index (χ2n) is 7.22. The van der Waals surface area contributed by atoms with Crippen molar-refractivity contribution in [3.8, 4) is 0 Å². The maximum absolute atomic E-state index is 11.6. The molecule has 0 unspecified atom stereocenters. The van der Waals surface area contributed by atoms with E-state index in [1.807, 2.05) is 13.8 Å². The molecule has 0 spiro atoms. The minimum Gasteiger partial charge on any atom is -0.330 e. The van der Waals surface area contributed by atoms with Gasteiger partial charge in [-0.15, -0.1) is 0 Å². The Bertz CT molecular complexity index is 582. The van der Waals surface area contributed by atoms with Gasteiger partial charge in [-0.1, -0.05) is 51.0 Å². The number of hydrogen-bond donors (Lipinski definition) is 1. The summed E-state index contributed by atoms with van der Waals surface area (Å²) in [5.41, 5.74) is 8.18. The molecule has 0 saturated heterocycles. The molecule has 3 nitrogen and oxygen atoms in total. The van der Waals surface area contributed by atoms with Crippen LogP contribution in [0, 0.1) is 0 Å². The standard InChI is InChI=1S/C17H27NO2S/c1-16(2,13-21(3,19)20)14-6-8-15(9-7-14)17(12-18)10-4-5-11-17/h6-9H,4-5,10-13,18H2,1-3H3. The van der Waals surface area contributed by atoms with Crippen molar-refractivity contribution in [2.75, 3.05) is 18.6 Å². The summed E-state index contributed by atoms with van der Waals surface area (Å²) in [5.74, 6) is 0.168. The van der Waals surface area contributed by atoms with E-state index in [1.165, 1.54) is 24.7 Å². The first-order valence-corrected chi connectivity index (χ1v) is 9.73. The van der Waals surface area contributed by atoms with Gasteiger partial charge in [0.05, 0.1) is 5.75 Å². The van der Waals surface area contributed by atoms with Crippen molar-refractivity contribution >= 4 is 9.84 Å². The van der Waals surface area contributed by atoms with Crippen molar-refractivity contribution in [3.63, 3.8) is 0 Å². The lowest BCUT2D eigenvalue weighted by Gasteiger charge is -2.30. The fourth-order valence-corrected chi connectivity index (χ4v) is 5.15. The molecule has 2 N–H and O–H groups in total. The Balaban J connectivity index is 2.26. The lowest BCUT2D eigenvalue weighted by atomic mass is 9.77. The van der Waals surface area contributed by atoms with E-state index in [0.717, 1.165) is 18.4 Å². The van der Waals surface area contributed by atoms with Crippen LogP contribution < -0.4 is 5.73 Å². The molecule has 0 atom stereocenters. The molecule has 1 aliphatic rings. The van der Waals surface area contributed by atoms with Crippen LogP contribution in [0.4, 0.5) is 0 Å². The molecule has 0 heterocycles. The third-order valence-corrected chi connectivity index (χ3v) is 6.10. The Morgan fingerprint density at radius 3 is 2.10 bits per heavy atom. The Hall–Kier alpha value is -0.870. The highest BCUT2D eigenvalue weighted by Gasteiger charge is 2.34. The third kappa shape index (κ3) is 3.67. The van der Waals surface area contributed by atoms with Crippen molar-refractivity contribution in [1.82, 2.24) is 0 Å². The van der Waals surface area contributed by atoms with E-state index < -0.39 is 9.84 Å². The first-order chi connectivity index (χ1) is 9.69. The Morgan fingerprint density at radius 1 is 1.14 bits per heavy atom. The van der Waals surface area contributed by atoms with Crippen LogP contribution in [-0.2, 0) is 20.7 Å². The Labute approximate surface area is 128 Å². The molecule has 4 heteroatoms. The molecular formula is C17H27NO2S. The van der Waals surface area contributed by atoms with Gasteiger partial charge in [-0.3, -0.25) is 0 Å². The Morgan fingerprint density at radius 2 is 1.67 bits per heavy atom. The number of benzene rings is 1. The summed E-state index contributed by atoms with van der Waals surface area (Å²) in [7, 11) is -2.99. The van der Waals surface area contributed by atoms with Crippen LogP contribution in [0.1, 0.15) is 50.7 Å². The van der Waals surface area contributed by atoms with E-state index in [9.17, 15) is 8.42 Å². The fourth-order valence-electron chi connectivity index (χ4n) is 3.68. The van der Waals surface area contributed by atoms with Gasteiger partial charge in [0, 0.05) is 23.6 Å². The van der Waals surface area contributed by atoms with Crippen LogP contribution >= 0.6 is 0 Å². The summed E-state index contributed by atoms with van der Waals surface area (Å²) in [6.07, 6.45) is 6.12. The van der Waals surface area contributed by atoms with Gasteiger partial charge in [0.25, 0.3) is 0 Å². The smallest absolute Gasteiger partial charge is 0.148 e. The van der Waals surface area contributed by atoms with Gasteiger partial charge in [0.2, 0.25) is 0 Å². The number of hydrogen-bond acceptors (Lipinski definition) is 3. The van der Waals surface area contributed by atoms with Crippen molar-refractivity contribution in [2.45, 2.75) is 50.4 Å². The summed E-state index contributed by atoms with van der Waals surface area (Å²) in [5, 5.41) is 0. The average Bonchev–Trinajstić information content (AvgIpc) is 2.86. The SMILES string of the molecule is CC(C)(CS(C)(=O)=O)c1ccc(C2(CN)CCCC2)cc1. The van der Waals surface area contributed by atoms with E-state index in [4.69, 9.17) is 5.73 Å². The second kappa shape index (κ2) is 5.73. The highest BCUT2D eigenvalue weighted by atomic mass is 32.2. The zero-order valence-electron chi connectivity index (χ0n) is 13.4. The van der Waals surface area contributed by atoms with E-state index in [2.05, 4.69) is 24.3 Å². The normalized spacial score (nSPS) is 18.9. The largest absolute Gasteiger partial charge is 0.330 e. The summed E-state index contributed by atoms with van der Waals surface area (Å²) < 4.78 is 23.2. The van der Waals surface area contributed by atoms with Gasteiger partial charge in [-0.25, -0.2) is 8.42 Å². The molecule has 0 aromatic heterocycles. The van der Waals surface area contributed by atoms with E-state index in [-0.39, 0.29) is 16.6 Å². The minimum absolute atomic E-state index is 0.138. The van der Waals surface area contributed by atoms with Gasteiger partial charge in [0.15, 0.2) is 0 Å². The molecule has 0 amide bonds. The molecule has 0 bridgehead atoms. The Kier molecular flexibility index (Phi) is 4.50. The molecule has 1 aromatic carbocycles. The van der Waals surface area contributed by atoms with Crippen molar-refractivity contribution < 1.29 is 8.42 Å². The maximum Gasteiger partial charge on any atom is 0.148 e. The summed E-state index contributed by atoms with van der Waals surface area (Å²) >= 11 is 0. The van der Waals surface area contributed by atoms with Gasteiger partial charge in [0.1, 0.15) is 9.84 Å². The zero-order valence-corrected chi connectivity index (χ0v) is 14.2. The van der Waals surface area contributed by atoms with Crippen molar-refractivity contribution in [3.05, 3.63) is 35.4 Å². The van der Waals surface area contributed by atoms with Crippen LogP contribution in [0.5, 0.6) is 0 Å². The van der Waals surface area contributed by atoms with E-state index in [1.54, 1.807) is 0 Å². The first-order valence-electron chi connectivity index (χ1n) is 7.67. The molecule has 1 aliphatic carbocycles. The third-order valence-electron chi connectivity index (χ3n) is 4.85. The first kappa shape index (κ1) is 16.5. The molecule has 0 aliphatic heterocycles. The van der Waals surface area contributed by atoms with Gasteiger partial charge in [-0.05, 0) is 24.0 Å². The molecule has 2 rings (SSSR count). The van der Waals surface area contributed by atoms with Crippen LogP contribution in [-0.4, -0.2) is 27.0 Å². The summed E-state index contributed by atoms with van der Waals surface area (Å²) in [4.78, 5) is 0. The van der Waals surface area contributed by atoms with Crippen molar-refractivity contribution in [1.29, 1.82) is 0 Å². The highest BCUT2D eigenvalue weighted by molar-refractivity contribution is 7.90. The lowest BCUT2D eigenvalue weighted by molar-refractivity contribution is 0.452. The maximum atomic E-state index is 11.6. The predicted octanol–water partition coefficient (Wildman–Crippen LogP) is 2.78. The van der Waals surface area contributed by atoms with Crippen LogP contribution in [0.15, 0.2) is 24.3 Å². The van der Waals surface area contributed by atoms with Crippen LogP contribution in [0.25, 0.3) is 0 Å². The minimum atomic E-state index is -2.99. The summed E-state index contributed by atoms with van der Waals surface area (Å²) in [6.45, 7) is 4.66. The van der Waals surface area contributed by atoms with E-state index >= 15 is 0 Å². The zero-order chi connectivity index (χ0) is 15.7. The summed E-state index contributed by atoms with van der Waals surface area (Å²) in [6, 6.07) is 8.46. The van der Waals surface area contributed by atoms with Crippen LogP contribution in [0.3, 0.4) is 0 Å². The molecule has 118 valence electrons. The molecule has 1 saturated carbocycles. The van der Waals surface area contributed by atoms with Gasteiger partial charge >= 0.3 is 0 Å². The van der Waals surface area contributed by atoms with Gasteiger partial charge < -0.3 is 5.73 Å². The van der Waals surface area contributed by atoms with Crippen molar-refractivity contribution in [2.24, 2.45) is 5.73 Å². The van der Waals surface area contributed by atoms with Gasteiger partial charge in [-0.2, -0.15) is 0 Å². The van der Waals surface area contributed by atoms with E-state index in [0.29, 0.717) is 6.54 Å². The molecule has 21 heavy (non-hydrogen) atoms. The molecule has 0 radical (unpaired) electrons. The quantitative estimate of drug-likeness (QED) is 0.910. The predicted molar refractivity (Wildman–Crippen MR) is 88.4 cm³/mol. The molecule has 1 aromatic rings. The fraction of sp³-hybridized carbons (Fsp3) is 0.647. The average molecular weight is 309 g/mol. The monoisotopic (exact) mass is 309 g/mol. The highest BCUT2D eigenvalue weighted by Crippen LogP contribution is 2.40. The molecule has 1 fully saturated rings. The molecular weight excluding hydrogens is 282 g/mol. The number of rotatable bonds is 5.